The van der Waals surface area contributed by atoms with Crippen LogP contribution in [-0.2, 0) is 16.0 Å². The molecule has 0 saturated heterocycles. The predicted octanol–water partition coefficient (Wildman–Crippen LogP) is 7.23. The Labute approximate surface area is 222 Å². The maximum atomic E-state index is 13.3. The SMILES string of the molecule is C=C(CCC(=O)O)NC(C(=O)Oc1cc(CCCCC)cc2c1C=CC(C)(CCC=C(C)C)O2)C(C)C. The van der Waals surface area contributed by atoms with Crippen LogP contribution in [0.2, 0.25) is 0 Å². The van der Waals surface area contributed by atoms with Crippen molar-refractivity contribution in [2.45, 2.75) is 105 Å². The zero-order valence-electron chi connectivity index (χ0n) is 23.5. The first-order valence-corrected chi connectivity index (χ1v) is 13.5. The molecule has 0 spiro atoms. The van der Waals surface area contributed by atoms with E-state index in [4.69, 9.17) is 14.6 Å². The average Bonchev–Trinajstić information content (AvgIpc) is 2.80. The fourth-order valence-corrected chi connectivity index (χ4v) is 4.26. The fraction of sp³-hybridized carbons (Fsp3) is 0.548. The van der Waals surface area contributed by atoms with Crippen LogP contribution in [0.5, 0.6) is 11.5 Å². The van der Waals surface area contributed by atoms with Crippen molar-refractivity contribution in [3.63, 3.8) is 0 Å². The van der Waals surface area contributed by atoms with Gasteiger partial charge < -0.3 is 19.9 Å². The maximum Gasteiger partial charge on any atom is 0.334 e. The number of unbranched alkanes of at least 4 members (excludes halogenated alkanes) is 2. The quantitative estimate of drug-likeness (QED) is 0.112. The van der Waals surface area contributed by atoms with Crippen LogP contribution < -0.4 is 14.8 Å². The number of rotatable bonds is 15. The third-order valence-electron chi connectivity index (χ3n) is 6.50. The van der Waals surface area contributed by atoms with Gasteiger partial charge in [-0.15, -0.1) is 0 Å². The van der Waals surface area contributed by atoms with E-state index in [1.54, 1.807) is 0 Å². The van der Waals surface area contributed by atoms with Gasteiger partial charge in [0.15, 0.2) is 0 Å². The summed E-state index contributed by atoms with van der Waals surface area (Å²) in [6, 6.07) is 3.38. The minimum atomic E-state index is -0.905. The Bertz CT molecular complexity index is 1020. The number of aryl methyl sites for hydroxylation is 1. The zero-order chi connectivity index (χ0) is 27.6. The van der Waals surface area contributed by atoms with E-state index in [0.717, 1.165) is 55.4 Å². The molecule has 1 aliphatic rings. The van der Waals surface area contributed by atoms with Gasteiger partial charge in [0.2, 0.25) is 0 Å². The summed E-state index contributed by atoms with van der Waals surface area (Å²) in [4.78, 5) is 24.2. The fourth-order valence-electron chi connectivity index (χ4n) is 4.26. The number of allylic oxidation sites excluding steroid dienone is 3. The van der Waals surface area contributed by atoms with E-state index in [0.29, 0.717) is 11.4 Å². The van der Waals surface area contributed by atoms with Crippen molar-refractivity contribution in [1.29, 1.82) is 0 Å². The molecule has 2 unspecified atom stereocenters. The number of benzene rings is 1. The zero-order valence-corrected chi connectivity index (χ0v) is 23.5. The highest BCUT2D eigenvalue weighted by Crippen LogP contribution is 2.40. The lowest BCUT2D eigenvalue weighted by Crippen LogP contribution is -2.43. The average molecular weight is 512 g/mol. The van der Waals surface area contributed by atoms with Crippen LogP contribution in [0.25, 0.3) is 6.08 Å². The van der Waals surface area contributed by atoms with Crippen molar-refractivity contribution in [1.82, 2.24) is 5.32 Å². The normalized spacial score (nSPS) is 16.9. The Kier molecular flexibility index (Phi) is 11.5. The number of aliphatic carboxylic acids is 1. The predicted molar refractivity (Wildman–Crippen MR) is 150 cm³/mol. The number of carboxylic acids is 1. The Morgan fingerprint density at radius 2 is 1.95 bits per heavy atom. The van der Waals surface area contributed by atoms with Gasteiger partial charge in [0.25, 0.3) is 0 Å². The van der Waals surface area contributed by atoms with E-state index < -0.39 is 23.6 Å². The van der Waals surface area contributed by atoms with E-state index in [1.165, 1.54) is 5.57 Å². The number of carbonyl (C=O) groups excluding carboxylic acids is 1. The van der Waals surface area contributed by atoms with Crippen LogP contribution in [0.3, 0.4) is 0 Å². The molecule has 0 saturated carbocycles. The van der Waals surface area contributed by atoms with Gasteiger partial charge >= 0.3 is 11.9 Å². The molecule has 37 heavy (non-hydrogen) atoms. The molecule has 204 valence electrons. The lowest BCUT2D eigenvalue weighted by Gasteiger charge is -2.32. The molecule has 0 amide bonds. The summed E-state index contributed by atoms with van der Waals surface area (Å²) >= 11 is 0. The van der Waals surface area contributed by atoms with Gasteiger partial charge in [0.05, 0.1) is 12.0 Å². The first-order valence-electron chi connectivity index (χ1n) is 13.5. The Morgan fingerprint density at radius 1 is 1.22 bits per heavy atom. The Morgan fingerprint density at radius 3 is 2.57 bits per heavy atom. The molecule has 1 heterocycles. The molecule has 0 bridgehead atoms. The minimum absolute atomic E-state index is 0.0481. The summed E-state index contributed by atoms with van der Waals surface area (Å²) < 4.78 is 12.5. The molecule has 2 rings (SSSR count). The summed E-state index contributed by atoms with van der Waals surface area (Å²) in [5.74, 6) is -0.190. The number of ether oxygens (including phenoxy) is 2. The molecule has 2 N–H and O–H groups in total. The highest BCUT2D eigenvalue weighted by Gasteiger charge is 2.31. The van der Waals surface area contributed by atoms with Crippen LogP contribution in [0.1, 0.15) is 97.6 Å². The second-order valence-electron chi connectivity index (χ2n) is 10.8. The summed E-state index contributed by atoms with van der Waals surface area (Å²) in [5, 5.41) is 12.0. The van der Waals surface area contributed by atoms with Gasteiger partial charge in [0, 0.05) is 5.70 Å². The maximum absolute atomic E-state index is 13.3. The van der Waals surface area contributed by atoms with Gasteiger partial charge in [-0.05, 0) is 88.6 Å². The molecule has 1 aliphatic heterocycles. The molecule has 0 radical (unpaired) electrons. The Balaban J connectivity index is 2.30. The Hall–Kier alpha value is -3.02. The lowest BCUT2D eigenvalue weighted by atomic mass is 9.93. The van der Waals surface area contributed by atoms with E-state index in [9.17, 15) is 9.59 Å². The number of hydrogen-bond donors (Lipinski definition) is 2. The van der Waals surface area contributed by atoms with Crippen molar-refractivity contribution >= 4 is 18.0 Å². The first-order chi connectivity index (χ1) is 17.4. The number of esters is 1. The van der Waals surface area contributed by atoms with Gasteiger partial charge in [-0.1, -0.05) is 51.8 Å². The first kappa shape index (κ1) is 30.2. The topological polar surface area (TPSA) is 84.9 Å². The standard InChI is InChI=1S/C31H45NO5/c1-8-9-10-13-24-19-26(36-30(35)29(22(4)5)32-23(6)14-15-28(33)34)25-16-18-31(7,37-27(25)20-24)17-11-12-21(2)3/h12,16,18-20,22,29,32H,6,8-11,13-15,17H2,1-5,7H3,(H,33,34). The lowest BCUT2D eigenvalue weighted by molar-refractivity contribution is -0.137. The van der Waals surface area contributed by atoms with Crippen LogP contribution in [0, 0.1) is 5.92 Å². The summed E-state index contributed by atoms with van der Waals surface area (Å²) in [5.41, 5.74) is 3.20. The number of hydrogen-bond acceptors (Lipinski definition) is 5. The molecule has 6 heteroatoms. The smallest absolute Gasteiger partial charge is 0.334 e. The van der Waals surface area contributed by atoms with Crippen LogP contribution in [-0.4, -0.2) is 28.7 Å². The minimum Gasteiger partial charge on any atom is -0.483 e. The number of carbonyl (C=O) groups is 2. The van der Waals surface area contributed by atoms with Crippen molar-refractivity contribution < 1.29 is 24.2 Å². The highest BCUT2D eigenvalue weighted by molar-refractivity contribution is 5.81. The molecule has 1 aromatic carbocycles. The molecule has 2 atom stereocenters. The molecule has 0 aliphatic carbocycles. The second-order valence-corrected chi connectivity index (χ2v) is 10.8. The summed E-state index contributed by atoms with van der Waals surface area (Å²) in [7, 11) is 0. The van der Waals surface area contributed by atoms with Gasteiger partial charge in [-0.25, -0.2) is 4.79 Å². The van der Waals surface area contributed by atoms with Gasteiger partial charge in [-0.3, -0.25) is 4.79 Å². The van der Waals surface area contributed by atoms with E-state index in [2.05, 4.69) is 51.7 Å². The highest BCUT2D eigenvalue weighted by atomic mass is 16.5. The monoisotopic (exact) mass is 511 g/mol. The third kappa shape index (κ3) is 9.75. The van der Waals surface area contributed by atoms with Gasteiger partial charge in [-0.2, -0.15) is 0 Å². The molecule has 0 fully saturated rings. The third-order valence-corrected chi connectivity index (χ3v) is 6.50. The number of carboxylic acid groups (broad SMARTS) is 1. The van der Waals surface area contributed by atoms with Crippen molar-refractivity contribution in [3.8, 4) is 11.5 Å². The van der Waals surface area contributed by atoms with Gasteiger partial charge in [0.1, 0.15) is 23.1 Å². The van der Waals surface area contributed by atoms with Crippen molar-refractivity contribution in [2.24, 2.45) is 5.92 Å². The molecule has 6 nitrogen and oxygen atoms in total. The van der Waals surface area contributed by atoms with E-state index in [-0.39, 0.29) is 18.8 Å². The second kappa shape index (κ2) is 14.1. The van der Waals surface area contributed by atoms with Crippen LogP contribution >= 0.6 is 0 Å². The van der Waals surface area contributed by atoms with Crippen LogP contribution in [0.4, 0.5) is 0 Å². The van der Waals surface area contributed by atoms with E-state index >= 15 is 0 Å². The summed E-state index contributed by atoms with van der Waals surface area (Å²) in [6.07, 6.45) is 12.4. The van der Waals surface area contributed by atoms with E-state index in [1.807, 2.05) is 32.1 Å². The van der Waals surface area contributed by atoms with Crippen LogP contribution in [0.15, 0.2) is 42.1 Å². The number of nitrogens with one attached hydrogen (secondary N) is 1. The van der Waals surface area contributed by atoms with Crippen molar-refractivity contribution in [2.75, 3.05) is 0 Å². The molecule has 0 aromatic heterocycles. The molecular formula is C31H45NO5. The number of fused-ring (bicyclic) bond motifs is 1. The summed E-state index contributed by atoms with van der Waals surface area (Å²) in [6.45, 7) is 16.2. The molecular weight excluding hydrogens is 466 g/mol. The molecule has 1 aromatic rings. The largest absolute Gasteiger partial charge is 0.483 e. The van der Waals surface area contributed by atoms with Crippen molar-refractivity contribution in [3.05, 3.63) is 53.3 Å².